The van der Waals surface area contributed by atoms with Gasteiger partial charge in [0, 0.05) is 16.8 Å². The van der Waals surface area contributed by atoms with Gasteiger partial charge in [0.05, 0.1) is 37.8 Å². The molecule has 0 fully saturated rings. The highest BCUT2D eigenvalue weighted by molar-refractivity contribution is 6.04. The molecule has 0 saturated heterocycles. The molecule has 3 N–H and O–H groups in total. The Morgan fingerprint density at radius 2 is 1.70 bits per heavy atom. The van der Waals surface area contributed by atoms with Gasteiger partial charge in [0.2, 0.25) is 0 Å². The molecule has 6 nitrogen and oxygen atoms in total. The molecule has 0 atom stereocenters. The van der Waals surface area contributed by atoms with E-state index >= 15 is 0 Å². The van der Waals surface area contributed by atoms with E-state index in [1.807, 2.05) is 6.07 Å². The molecule has 0 aromatic heterocycles. The van der Waals surface area contributed by atoms with E-state index in [-0.39, 0.29) is 11.8 Å². The molecule has 0 bridgehead atoms. The van der Waals surface area contributed by atoms with Gasteiger partial charge in [-0.15, -0.1) is 0 Å². The quantitative estimate of drug-likeness (QED) is 0.662. The minimum absolute atomic E-state index is 0.124. The number of hydrogen-bond acceptors (Lipinski definition) is 3. The van der Waals surface area contributed by atoms with Crippen LogP contribution < -0.4 is 15.5 Å². The highest BCUT2D eigenvalue weighted by atomic mass is 16.2. The molecular formula is C21H25N4O2+. The topological polar surface area (TPSA) is 86.4 Å². The molecule has 6 heteroatoms. The second kappa shape index (κ2) is 10.1. The lowest BCUT2D eigenvalue weighted by Crippen LogP contribution is -3.12. The molecule has 0 aliphatic heterocycles. The number of quaternary nitrogens is 1. The highest BCUT2D eigenvalue weighted by Crippen LogP contribution is 2.12. The lowest BCUT2D eigenvalue weighted by atomic mass is 10.1. The van der Waals surface area contributed by atoms with Crippen LogP contribution in [0.5, 0.6) is 0 Å². The number of nitrogens with one attached hydrogen (secondary N) is 3. The van der Waals surface area contributed by atoms with Crippen molar-refractivity contribution in [1.82, 2.24) is 5.32 Å². The maximum atomic E-state index is 12.3. The van der Waals surface area contributed by atoms with Crippen molar-refractivity contribution in [2.24, 2.45) is 0 Å². The zero-order valence-electron chi connectivity index (χ0n) is 15.7. The lowest BCUT2D eigenvalue weighted by molar-refractivity contribution is -0.895. The Kier molecular flexibility index (Phi) is 7.53. The van der Waals surface area contributed by atoms with Gasteiger partial charge < -0.3 is 15.5 Å². The van der Waals surface area contributed by atoms with Gasteiger partial charge in [0.1, 0.15) is 0 Å². The molecule has 0 unspecified atom stereocenters. The number of carbonyl (C=O) groups excluding carboxylic acids is 2. The monoisotopic (exact) mass is 365 g/mol. The minimum atomic E-state index is -0.300. The SMILES string of the molecule is CC[NH+](CC)CCNC(=O)c1ccc(NC(=O)c2cccc(C#N)c2)cc1. The Morgan fingerprint density at radius 1 is 1.00 bits per heavy atom. The molecule has 2 aromatic rings. The molecule has 2 aromatic carbocycles. The Balaban J connectivity index is 1.91. The predicted molar refractivity (Wildman–Crippen MR) is 105 cm³/mol. The van der Waals surface area contributed by atoms with Crippen molar-refractivity contribution >= 4 is 17.5 Å². The molecule has 0 heterocycles. The van der Waals surface area contributed by atoms with Gasteiger partial charge in [-0.3, -0.25) is 9.59 Å². The van der Waals surface area contributed by atoms with Crippen molar-refractivity contribution in [2.45, 2.75) is 13.8 Å². The van der Waals surface area contributed by atoms with Crippen LogP contribution in [0.15, 0.2) is 48.5 Å². The molecule has 0 saturated carbocycles. The van der Waals surface area contributed by atoms with E-state index in [1.165, 1.54) is 11.0 Å². The normalized spacial score (nSPS) is 10.3. The Bertz CT molecular complexity index is 821. The van der Waals surface area contributed by atoms with Gasteiger partial charge in [0.15, 0.2) is 0 Å². The van der Waals surface area contributed by atoms with Crippen LogP contribution in [0.2, 0.25) is 0 Å². The summed E-state index contributed by atoms with van der Waals surface area (Å²) in [5.41, 5.74) is 1.98. The fourth-order valence-electron chi connectivity index (χ4n) is 2.70. The van der Waals surface area contributed by atoms with Gasteiger partial charge in [-0.1, -0.05) is 6.07 Å². The molecular weight excluding hydrogens is 340 g/mol. The summed E-state index contributed by atoms with van der Waals surface area (Å²) >= 11 is 0. The fourth-order valence-corrected chi connectivity index (χ4v) is 2.70. The van der Waals surface area contributed by atoms with Gasteiger partial charge in [-0.25, -0.2) is 0 Å². The summed E-state index contributed by atoms with van der Waals surface area (Å²) in [6.45, 7) is 7.86. The van der Waals surface area contributed by atoms with E-state index in [1.54, 1.807) is 42.5 Å². The maximum Gasteiger partial charge on any atom is 0.255 e. The van der Waals surface area contributed by atoms with Crippen molar-refractivity contribution in [1.29, 1.82) is 5.26 Å². The summed E-state index contributed by atoms with van der Waals surface area (Å²) in [6.07, 6.45) is 0. The Labute approximate surface area is 159 Å². The average Bonchev–Trinajstić information content (AvgIpc) is 2.71. The number of nitrogens with zero attached hydrogens (tertiary/aromatic N) is 1. The smallest absolute Gasteiger partial charge is 0.255 e. The first kappa shape index (κ1) is 20.1. The van der Waals surface area contributed by atoms with Crippen molar-refractivity contribution in [3.63, 3.8) is 0 Å². The van der Waals surface area contributed by atoms with Crippen LogP contribution in [0.25, 0.3) is 0 Å². The molecule has 0 aliphatic carbocycles. The molecule has 0 radical (unpaired) electrons. The van der Waals surface area contributed by atoms with E-state index in [0.717, 1.165) is 19.6 Å². The van der Waals surface area contributed by atoms with Crippen LogP contribution in [-0.2, 0) is 0 Å². The predicted octanol–water partition coefficient (Wildman–Crippen LogP) is 1.47. The van der Waals surface area contributed by atoms with Gasteiger partial charge >= 0.3 is 0 Å². The summed E-state index contributed by atoms with van der Waals surface area (Å²) < 4.78 is 0. The largest absolute Gasteiger partial charge is 0.346 e. The summed E-state index contributed by atoms with van der Waals surface area (Å²) in [4.78, 5) is 25.9. The van der Waals surface area contributed by atoms with Gasteiger partial charge in [-0.05, 0) is 56.3 Å². The van der Waals surface area contributed by atoms with Crippen LogP contribution >= 0.6 is 0 Å². The van der Waals surface area contributed by atoms with Crippen LogP contribution in [0.4, 0.5) is 5.69 Å². The van der Waals surface area contributed by atoms with Crippen molar-refractivity contribution in [3.8, 4) is 6.07 Å². The maximum absolute atomic E-state index is 12.3. The zero-order valence-corrected chi connectivity index (χ0v) is 15.7. The van der Waals surface area contributed by atoms with E-state index in [0.29, 0.717) is 28.9 Å². The number of hydrogen-bond donors (Lipinski definition) is 3. The number of rotatable bonds is 8. The number of anilines is 1. The zero-order chi connectivity index (χ0) is 19.6. The molecule has 27 heavy (non-hydrogen) atoms. The van der Waals surface area contributed by atoms with E-state index < -0.39 is 0 Å². The Hall–Kier alpha value is -3.17. The second-order valence-corrected chi connectivity index (χ2v) is 6.19. The first-order valence-corrected chi connectivity index (χ1v) is 9.10. The van der Waals surface area contributed by atoms with Crippen LogP contribution in [-0.4, -0.2) is 38.0 Å². The van der Waals surface area contributed by atoms with Crippen molar-refractivity contribution in [3.05, 3.63) is 65.2 Å². The highest BCUT2D eigenvalue weighted by Gasteiger charge is 2.09. The van der Waals surface area contributed by atoms with Crippen LogP contribution in [0.1, 0.15) is 40.1 Å². The van der Waals surface area contributed by atoms with Crippen molar-refractivity contribution in [2.75, 3.05) is 31.5 Å². The molecule has 2 amide bonds. The number of nitriles is 1. The number of likely N-dealkylation sites (N-methyl/N-ethyl adjacent to an activating group) is 1. The average molecular weight is 365 g/mol. The summed E-state index contributed by atoms with van der Waals surface area (Å²) in [6, 6.07) is 15.3. The molecule has 0 aliphatic rings. The summed E-state index contributed by atoms with van der Waals surface area (Å²) in [5, 5.41) is 14.6. The second-order valence-electron chi connectivity index (χ2n) is 6.19. The van der Waals surface area contributed by atoms with Gasteiger partial charge in [-0.2, -0.15) is 5.26 Å². The third-order valence-corrected chi connectivity index (χ3v) is 4.42. The third-order valence-electron chi connectivity index (χ3n) is 4.42. The number of carbonyl (C=O) groups is 2. The first-order chi connectivity index (χ1) is 13.1. The minimum Gasteiger partial charge on any atom is -0.346 e. The van der Waals surface area contributed by atoms with Crippen LogP contribution in [0.3, 0.4) is 0 Å². The Morgan fingerprint density at radius 3 is 2.33 bits per heavy atom. The van der Waals surface area contributed by atoms with E-state index in [4.69, 9.17) is 5.26 Å². The molecule has 2 rings (SSSR count). The summed E-state index contributed by atoms with van der Waals surface area (Å²) in [7, 11) is 0. The summed E-state index contributed by atoms with van der Waals surface area (Å²) in [5.74, 6) is -0.423. The van der Waals surface area contributed by atoms with Crippen molar-refractivity contribution < 1.29 is 14.5 Å². The third kappa shape index (κ3) is 5.94. The van der Waals surface area contributed by atoms with Gasteiger partial charge in [0.25, 0.3) is 11.8 Å². The number of amides is 2. The number of benzene rings is 2. The molecule has 140 valence electrons. The fraction of sp³-hybridized carbons (Fsp3) is 0.286. The van der Waals surface area contributed by atoms with E-state index in [2.05, 4.69) is 24.5 Å². The van der Waals surface area contributed by atoms with E-state index in [9.17, 15) is 9.59 Å². The first-order valence-electron chi connectivity index (χ1n) is 9.10. The van der Waals surface area contributed by atoms with Crippen LogP contribution in [0, 0.1) is 11.3 Å². The lowest BCUT2D eigenvalue weighted by Gasteiger charge is -2.15. The molecule has 0 spiro atoms. The standard InChI is InChI=1S/C21H24N4O2/c1-3-25(4-2)13-12-23-20(26)17-8-10-19(11-9-17)24-21(27)18-7-5-6-16(14-18)15-22/h5-11,14H,3-4,12-13H2,1-2H3,(H,23,26)(H,24,27)/p+1.